The van der Waals surface area contributed by atoms with Gasteiger partial charge in [-0.25, -0.2) is 0 Å². The standard InChI is InChI=1S/C10H19NO2/c1-8-6-10(3,7-12)4-5-11(8)9(2)13/h8,12H,4-7H2,1-3H3/t8?,10-/m0/s1. The van der Waals surface area contributed by atoms with Gasteiger partial charge < -0.3 is 10.0 Å². The summed E-state index contributed by atoms with van der Waals surface area (Å²) >= 11 is 0. The molecule has 0 aliphatic carbocycles. The van der Waals surface area contributed by atoms with Crippen molar-refractivity contribution in [3.8, 4) is 0 Å². The van der Waals surface area contributed by atoms with Gasteiger partial charge in [0.1, 0.15) is 0 Å². The topological polar surface area (TPSA) is 40.5 Å². The minimum absolute atomic E-state index is 0.0192. The van der Waals surface area contributed by atoms with E-state index in [1.807, 2.05) is 4.90 Å². The van der Waals surface area contributed by atoms with Crippen LogP contribution in [-0.2, 0) is 4.79 Å². The van der Waals surface area contributed by atoms with Crippen molar-refractivity contribution >= 4 is 5.91 Å². The van der Waals surface area contributed by atoms with E-state index in [1.165, 1.54) is 0 Å². The quantitative estimate of drug-likeness (QED) is 0.662. The molecule has 0 aromatic carbocycles. The first-order valence-corrected chi connectivity index (χ1v) is 4.86. The molecule has 0 saturated carbocycles. The molecule has 1 amide bonds. The maximum Gasteiger partial charge on any atom is 0.219 e. The molecule has 0 bridgehead atoms. The minimum Gasteiger partial charge on any atom is -0.396 e. The Morgan fingerprint density at radius 1 is 1.69 bits per heavy atom. The fourth-order valence-electron chi connectivity index (χ4n) is 2.15. The molecule has 1 N–H and O–H groups in total. The van der Waals surface area contributed by atoms with Gasteiger partial charge in [-0.05, 0) is 25.2 Å². The van der Waals surface area contributed by atoms with Gasteiger partial charge in [-0.15, -0.1) is 0 Å². The first-order chi connectivity index (χ1) is 5.98. The van der Waals surface area contributed by atoms with Gasteiger partial charge >= 0.3 is 0 Å². The summed E-state index contributed by atoms with van der Waals surface area (Å²) in [4.78, 5) is 13.1. The van der Waals surface area contributed by atoms with Gasteiger partial charge in [-0.1, -0.05) is 6.92 Å². The molecule has 13 heavy (non-hydrogen) atoms. The van der Waals surface area contributed by atoms with E-state index < -0.39 is 0 Å². The van der Waals surface area contributed by atoms with Crippen LogP contribution < -0.4 is 0 Å². The molecule has 1 aliphatic rings. The number of rotatable bonds is 1. The highest BCUT2D eigenvalue weighted by molar-refractivity contribution is 5.73. The average molecular weight is 185 g/mol. The van der Waals surface area contributed by atoms with Crippen molar-refractivity contribution in [2.75, 3.05) is 13.2 Å². The van der Waals surface area contributed by atoms with Crippen LogP contribution >= 0.6 is 0 Å². The van der Waals surface area contributed by atoms with Crippen LogP contribution in [0.5, 0.6) is 0 Å². The molecular formula is C10H19NO2. The summed E-state index contributed by atoms with van der Waals surface area (Å²) in [6.45, 7) is 6.75. The summed E-state index contributed by atoms with van der Waals surface area (Å²) in [5.74, 6) is 0.146. The third-order valence-corrected chi connectivity index (χ3v) is 3.06. The number of piperidine rings is 1. The highest BCUT2D eigenvalue weighted by Gasteiger charge is 2.34. The normalized spacial score (nSPS) is 34.8. The Balaban J connectivity index is 2.61. The lowest BCUT2D eigenvalue weighted by atomic mass is 9.78. The van der Waals surface area contributed by atoms with Gasteiger partial charge in [0, 0.05) is 26.1 Å². The number of hydrogen-bond donors (Lipinski definition) is 1. The number of carbonyl (C=O) groups is 1. The van der Waals surface area contributed by atoms with Crippen molar-refractivity contribution in [2.24, 2.45) is 5.41 Å². The average Bonchev–Trinajstić information content (AvgIpc) is 2.03. The highest BCUT2D eigenvalue weighted by atomic mass is 16.3. The van der Waals surface area contributed by atoms with Crippen LogP contribution in [0.3, 0.4) is 0 Å². The fourth-order valence-corrected chi connectivity index (χ4v) is 2.15. The molecule has 2 atom stereocenters. The van der Waals surface area contributed by atoms with Crippen LogP contribution in [0, 0.1) is 5.41 Å². The van der Waals surface area contributed by atoms with Gasteiger partial charge in [0.2, 0.25) is 5.91 Å². The zero-order chi connectivity index (χ0) is 10.1. The van der Waals surface area contributed by atoms with E-state index in [0.717, 1.165) is 19.4 Å². The fraction of sp³-hybridized carbons (Fsp3) is 0.900. The molecule has 1 heterocycles. The van der Waals surface area contributed by atoms with E-state index in [-0.39, 0.29) is 24.0 Å². The van der Waals surface area contributed by atoms with E-state index >= 15 is 0 Å². The summed E-state index contributed by atoms with van der Waals surface area (Å²) in [5, 5.41) is 9.19. The molecule has 1 fully saturated rings. The molecule has 1 rings (SSSR count). The third kappa shape index (κ3) is 2.21. The predicted octanol–water partition coefficient (Wildman–Crippen LogP) is 1.02. The number of aliphatic hydroxyl groups is 1. The first-order valence-electron chi connectivity index (χ1n) is 4.86. The van der Waals surface area contributed by atoms with Crippen molar-refractivity contribution < 1.29 is 9.90 Å². The third-order valence-electron chi connectivity index (χ3n) is 3.06. The first kappa shape index (κ1) is 10.5. The lowest BCUT2D eigenvalue weighted by Crippen LogP contribution is -2.47. The van der Waals surface area contributed by atoms with Gasteiger partial charge in [-0.2, -0.15) is 0 Å². The summed E-state index contributed by atoms with van der Waals surface area (Å²) in [6, 6.07) is 0.267. The van der Waals surface area contributed by atoms with E-state index in [0.29, 0.717) is 0 Å². The molecule has 1 aliphatic heterocycles. The number of amides is 1. The largest absolute Gasteiger partial charge is 0.396 e. The van der Waals surface area contributed by atoms with E-state index in [9.17, 15) is 9.90 Å². The van der Waals surface area contributed by atoms with Crippen LogP contribution in [0.1, 0.15) is 33.6 Å². The molecular weight excluding hydrogens is 166 g/mol. The number of aliphatic hydroxyl groups excluding tert-OH is 1. The Hall–Kier alpha value is -0.570. The second kappa shape index (κ2) is 3.66. The molecule has 0 radical (unpaired) electrons. The lowest BCUT2D eigenvalue weighted by molar-refractivity contribution is -0.134. The minimum atomic E-state index is 0.0192. The summed E-state index contributed by atoms with van der Waals surface area (Å²) in [6.07, 6.45) is 1.82. The number of carbonyl (C=O) groups excluding carboxylic acids is 1. The van der Waals surface area contributed by atoms with Crippen LogP contribution in [0.2, 0.25) is 0 Å². The van der Waals surface area contributed by atoms with Crippen molar-refractivity contribution in [3.05, 3.63) is 0 Å². The van der Waals surface area contributed by atoms with Gasteiger partial charge in [0.15, 0.2) is 0 Å². The molecule has 76 valence electrons. The monoisotopic (exact) mass is 185 g/mol. The second-order valence-corrected chi connectivity index (χ2v) is 4.48. The van der Waals surface area contributed by atoms with Crippen LogP contribution in [0.4, 0.5) is 0 Å². The number of hydrogen-bond acceptors (Lipinski definition) is 2. The predicted molar refractivity (Wildman–Crippen MR) is 51.3 cm³/mol. The van der Waals surface area contributed by atoms with Crippen LogP contribution in [0.15, 0.2) is 0 Å². The van der Waals surface area contributed by atoms with Crippen molar-refractivity contribution in [1.82, 2.24) is 4.90 Å². The summed E-state index contributed by atoms with van der Waals surface area (Å²) in [7, 11) is 0. The Morgan fingerprint density at radius 2 is 2.31 bits per heavy atom. The highest BCUT2D eigenvalue weighted by Crippen LogP contribution is 2.33. The lowest BCUT2D eigenvalue weighted by Gasteiger charge is -2.42. The maximum absolute atomic E-state index is 11.2. The summed E-state index contributed by atoms with van der Waals surface area (Å²) in [5.41, 5.74) is 0.0192. The molecule has 3 heteroatoms. The van der Waals surface area contributed by atoms with E-state index in [4.69, 9.17) is 0 Å². The molecule has 3 nitrogen and oxygen atoms in total. The Labute approximate surface area is 79.7 Å². The second-order valence-electron chi connectivity index (χ2n) is 4.48. The van der Waals surface area contributed by atoms with Crippen LogP contribution in [-0.4, -0.2) is 35.1 Å². The molecule has 1 saturated heterocycles. The van der Waals surface area contributed by atoms with Gasteiger partial charge in [-0.3, -0.25) is 4.79 Å². The summed E-state index contributed by atoms with van der Waals surface area (Å²) < 4.78 is 0. The molecule has 0 spiro atoms. The van der Waals surface area contributed by atoms with Crippen LogP contribution in [0.25, 0.3) is 0 Å². The van der Waals surface area contributed by atoms with E-state index in [1.54, 1.807) is 6.92 Å². The Bertz CT molecular complexity index is 205. The van der Waals surface area contributed by atoms with E-state index in [2.05, 4.69) is 13.8 Å². The zero-order valence-electron chi connectivity index (χ0n) is 8.71. The van der Waals surface area contributed by atoms with Gasteiger partial charge in [0.05, 0.1) is 0 Å². The number of nitrogens with zero attached hydrogens (tertiary/aromatic N) is 1. The number of likely N-dealkylation sites (tertiary alicyclic amines) is 1. The SMILES string of the molecule is CC(=O)N1CC[C@](C)(CO)CC1C. The molecule has 0 aromatic rings. The Morgan fingerprint density at radius 3 is 2.69 bits per heavy atom. The maximum atomic E-state index is 11.2. The molecule has 1 unspecified atom stereocenters. The van der Waals surface area contributed by atoms with Gasteiger partial charge in [0.25, 0.3) is 0 Å². The van der Waals surface area contributed by atoms with Crippen molar-refractivity contribution in [3.63, 3.8) is 0 Å². The molecule has 0 aromatic heterocycles. The Kier molecular flexibility index (Phi) is 2.96. The van der Waals surface area contributed by atoms with Crippen molar-refractivity contribution in [2.45, 2.75) is 39.7 Å². The zero-order valence-corrected chi connectivity index (χ0v) is 8.71. The smallest absolute Gasteiger partial charge is 0.219 e. The van der Waals surface area contributed by atoms with Crippen molar-refractivity contribution in [1.29, 1.82) is 0 Å².